The largest absolute Gasteiger partial charge is 0.492 e. The summed E-state index contributed by atoms with van der Waals surface area (Å²) in [5.41, 5.74) is 2.91. The Bertz CT molecular complexity index is 1770. The summed E-state index contributed by atoms with van der Waals surface area (Å²) in [6, 6.07) is 22.9. The van der Waals surface area contributed by atoms with Gasteiger partial charge in [0.1, 0.15) is 18.0 Å². The zero-order chi connectivity index (χ0) is 35.7. The quantitative estimate of drug-likeness (QED) is 0.136. The number of nitrogens with zero attached hydrogens (tertiary/aromatic N) is 2. The lowest BCUT2D eigenvalue weighted by molar-refractivity contribution is -0.138. The fourth-order valence-corrected chi connectivity index (χ4v) is 6.01. The fraction of sp³-hybridized carbons (Fsp3) is 0.359. The molecule has 9 nitrogen and oxygen atoms in total. The highest BCUT2D eigenvalue weighted by Crippen LogP contribution is 2.45. The molecule has 0 radical (unpaired) electrons. The van der Waals surface area contributed by atoms with Gasteiger partial charge in [0.15, 0.2) is 11.5 Å². The number of hydrogen-bond acceptors (Lipinski definition) is 7. The molecule has 4 aromatic rings. The van der Waals surface area contributed by atoms with Crippen molar-refractivity contribution in [1.29, 1.82) is 0 Å². The van der Waals surface area contributed by atoms with Crippen LogP contribution in [0.15, 0.2) is 85.1 Å². The number of anilines is 1. The first-order chi connectivity index (χ1) is 24.0. The molecule has 2 amide bonds. The molecule has 5 rings (SSSR count). The number of carbonyl (C=O) groups is 2. The van der Waals surface area contributed by atoms with Crippen LogP contribution in [-0.4, -0.2) is 49.7 Å². The lowest BCUT2D eigenvalue weighted by atomic mass is 9.94. The van der Waals surface area contributed by atoms with Gasteiger partial charge in [-0.1, -0.05) is 68.8 Å². The van der Waals surface area contributed by atoms with Crippen LogP contribution in [-0.2, 0) is 27.4 Å². The minimum atomic E-state index is -1.17. The number of nitrogens with one attached hydrogen (secondary N) is 2. The lowest BCUT2D eigenvalue weighted by Crippen LogP contribution is -2.45. The van der Waals surface area contributed by atoms with E-state index in [4.69, 9.17) is 25.8 Å². The molecule has 2 heterocycles. The summed E-state index contributed by atoms with van der Waals surface area (Å²) < 4.78 is 33.0. The van der Waals surface area contributed by atoms with E-state index in [1.54, 1.807) is 48.5 Å². The van der Waals surface area contributed by atoms with Crippen LogP contribution in [0.1, 0.15) is 62.1 Å². The van der Waals surface area contributed by atoms with Gasteiger partial charge in [-0.2, -0.15) is 0 Å². The van der Waals surface area contributed by atoms with Crippen LogP contribution in [0.3, 0.4) is 0 Å². The number of amides is 2. The average molecular weight is 703 g/mol. The van der Waals surface area contributed by atoms with Crippen molar-refractivity contribution < 1.29 is 28.2 Å². The summed E-state index contributed by atoms with van der Waals surface area (Å²) in [5.74, 6) is -0.275. The van der Waals surface area contributed by atoms with Crippen LogP contribution in [0.25, 0.3) is 0 Å². The summed E-state index contributed by atoms with van der Waals surface area (Å²) in [5, 5.41) is 6.59. The van der Waals surface area contributed by atoms with E-state index < -0.39 is 23.9 Å². The van der Waals surface area contributed by atoms with Crippen molar-refractivity contribution in [3.63, 3.8) is 0 Å². The first kappa shape index (κ1) is 36.8. The van der Waals surface area contributed by atoms with Gasteiger partial charge in [-0.3, -0.25) is 14.6 Å². The van der Waals surface area contributed by atoms with Gasteiger partial charge in [0.05, 0.1) is 25.8 Å². The number of halogens is 2. The monoisotopic (exact) mass is 702 g/mol. The van der Waals surface area contributed by atoms with Gasteiger partial charge in [-0.05, 0) is 60.8 Å². The zero-order valence-corrected chi connectivity index (χ0v) is 29.6. The third-order valence-electron chi connectivity index (χ3n) is 8.13. The van der Waals surface area contributed by atoms with Crippen molar-refractivity contribution >= 4 is 29.1 Å². The number of methoxy groups -OCH3 is 1. The average Bonchev–Trinajstić information content (AvgIpc) is 3.19. The third-order valence-corrected chi connectivity index (χ3v) is 8.36. The molecule has 1 aromatic heterocycles. The molecule has 3 aromatic carbocycles. The summed E-state index contributed by atoms with van der Waals surface area (Å²) in [6.45, 7) is 8.25. The van der Waals surface area contributed by atoms with Crippen LogP contribution < -0.4 is 25.0 Å². The Morgan fingerprint density at radius 3 is 2.56 bits per heavy atom. The molecular formula is C39H44ClFN4O5. The highest BCUT2D eigenvalue weighted by atomic mass is 35.5. The maximum Gasteiger partial charge on any atom is 0.256 e. The Kier molecular flexibility index (Phi) is 12.5. The number of benzene rings is 3. The van der Waals surface area contributed by atoms with Crippen molar-refractivity contribution in [2.45, 2.75) is 58.9 Å². The molecule has 0 aliphatic carbocycles. The van der Waals surface area contributed by atoms with E-state index in [2.05, 4.69) is 15.6 Å². The number of carbonyl (C=O) groups excluding carboxylic acids is 2. The normalized spacial score (nSPS) is 16.0. The van der Waals surface area contributed by atoms with Crippen molar-refractivity contribution in [2.24, 2.45) is 5.41 Å². The molecule has 2 N–H and O–H groups in total. The van der Waals surface area contributed by atoms with Crippen molar-refractivity contribution in [2.75, 3.05) is 31.7 Å². The molecule has 0 spiro atoms. The fourth-order valence-electron chi connectivity index (χ4n) is 5.83. The number of rotatable bonds is 14. The van der Waals surface area contributed by atoms with E-state index >= 15 is 0 Å². The predicted octanol–water partition coefficient (Wildman–Crippen LogP) is 7.02. The van der Waals surface area contributed by atoms with Crippen LogP contribution in [0.2, 0.25) is 5.02 Å². The second kappa shape index (κ2) is 16.9. The minimum absolute atomic E-state index is 0.0245. The van der Waals surface area contributed by atoms with Gasteiger partial charge >= 0.3 is 0 Å². The molecule has 0 saturated heterocycles. The standard InChI is InChI=1S/C39H44ClFN4O5/c1-39(2,3)25-45-32-17-16-27(40)21-30(32)36(50-34(38(45)47)22-35(46)44-23-26-11-5-6-14-31(26)41)29-13-9-15-33(37(29)48-4)49-20-10-18-42-24-28-12-7-8-19-43-28/h5-9,11-17,19,21,34,36,42H,10,18,20,22-25H2,1-4H3,(H,44,46)/t34-,36-/m0/s1. The highest BCUT2D eigenvalue weighted by molar-refractivity contribution is 6.30. The van der Waals surface area contributed by atoms with Crippen LogP contribution in [0, 0.1) is 11.2 Å². The molecule has 2 atom stereocenters. The van der Waals surface area contributed by atoms with Gasteiger partial charge in [0.25, 0.3) is 5.91 Å². The number of aromatic nitrogens is 1. The van der Waals surface area contributed by atoms with Gasteiger partial charge in [-0.15, -0.1) is 0 Å². The number of ether oxygens (including phenoxy) is 3. The van der Waals surface area contributed by atoms with Gasteiger partial charge < -0.3 is 29.7 Å². The van der Waals surface area contributed by atoms with E-state index in [-0.39, 0.29) is 24.3 Å². The molecule has 0 saturated carbocycles. The van der Waals surface area contributed by atoms with E-state index in [0.29, 0.717) is 58.6 Å². The molecule has 1 aliphatic heterocycles. The van der Waals surface area contributed by atoms with Gasteiger partial charge in [0, 0.05) is 53.2 Å². The Morgan fingerprint density at radius 2 is 1.82 bits per heavy atom. The smallest absolute Gasteiger partial charge is 0.256 e. The first-order valence-corrected chi connectivity index (χ1v) is 17.1. The Hall–Kier alpha value is -4.51. The highest BCUT2D eigenvalue weighted by Gasteiger charge is 2.40. The molecular weight excluding hydrogens is 659 g/mol. The van der Waals surface area contributed by atoms with Gasteiger partial charge in [0.2, 0.25) is 5.91 Å². The van der Waals surface area contributed by atoms with E-state index in [0.717, 1.165) is 18.7 Å². The van der Waals surface area contributed by atoms with Crippen molar-refractivity contribution in [3.05, 3.63) is 118 Å². The van der Waals surface area contributed by atoms with Crippen LogP contribution in [0.4, 0.5) is 10.1 Å². The number of hydrogen-bond donors (Lipinski definition) is 2. The molecule has 0 fully saturated rings. The first-order valence-electron chi connectivity index (χ1n) is 16.7. The molecule has 50 heavy (non-hydrogen) atoms. The molecule has 264 valence electrons. The molecule has 0 unspecified atom stereocenters. The number of pyridine rings is 1. The summed E-state index contributed by atoms with van der Waals surface area (Å²) in [4.78, 5) is 33.6. The lowest BCUT2D eigenvalue weighted by Gasteiger charge is -2.31. The summed E-state index contributed by atoms with van der Waals surface area (Å²) in [7, 11) is 1.56. The van der Waals surface area contributed by atoms with E-state index in [9.17, 15) is 14.0 Å². The summed E-state index contributed by atoms with van der Waals surface area (Å²) >= 11 is 6.57. The zero-order valence-electron chi connectivity index (χ0n) is 28.9. The maximum atomic E-state index is 14.3. The van der Waals surface area contributed by atoms with Crippen LogP contribution in [0.5, 0.6) is 11.5 Å². The number of fused-ring (bicyclic) bond motifs is 1. The second-order valence-corrected chi connectivity index (χ2v) is 13.8. The molecule has 11 heteroatoms. The molecule has 1 aliphatic rings. The minimum Gasteiger partial charge on any atom is -0.492 e. The maximum absolute atomic E-state index is 14.3. The van der Waals surface area contributed by atoms with Crippen molar-refractivity contribution in [1.82, 2.24) is 15.6 Å². The summed E-state index contributed by atoms with van der Waals surface area (Å²) in [6.07, 6.45) is 0.205. The Morgan fingerprint density at radius 1 is 1.02 bits per heavy atom. The number of para-hydroxylation sites is 1. The predicted molar refractivity (Wildman–Crippen MR) is 192 cm³/mol. The second-order valence-electron chi connectivity index (χ2n) is 13.3. The van der Waals surface area contributed by atoms with E-state index in [1.165, 1.54) is 6.07 Å². The Balaban J connectivity index is 1.41. The Labute approximate surface area is 298 Å². The van der Waals surface area contributed by atoms with Crippen LogP contribution >= 0.6 is 11.6 Å². The third kappa shape index (κ3) is 9.59. The SMILES string of the molecule is COc1c(OCCCNCc2ccccn2)cccc1[C@@H]1O[C@@H](CC(=O)NCc2ccccc2F)C(=O)N(CC(C)(C)C)c2ccc(Cl)cc21. The topological polar surface area (TPSA) is 102 Å². The van der Waals surface area contributed by atoms with Gasteiger partial charge in [-0.25, -0.2) is 4.39 Å². The van der Waals surface area contributed by atoms with Crippen molar-refractivity contribution in [3.8, 4) is 11.5 Å². The molecule has 0 bridgehead atoms. The van der Waals surface area contributed by atoms with E-state index in [1.807, 2.05) is 63.2 Å².